The topological polar surface area (TPSA) is 55.1 Å². The van der Waals surface area contributed by atoms with Gasteiger partial charge in [-0.25, -0.2) is 0 Å². The first kappa shape index (κ1) is 18.0. The average Bonchev–Trinajstić information content (AvgIpc) is 2.95. The van der Waals surface area contributed by atoms with Crippen LogP contribution in [0.4, 0.5) is 0 Å². The Morgan fingerprint density at radius 2 is 1.84 bits per heavy atom. The predicted octanol–water partition coefficient (Wildman–Crippen LogP) is 3.62. The maximum Gasteiger partial charge on any atom is 0.149 e. The molecule has 3 N–H and O–H groups in total. The zero-order valence-electron chi connectivity index (χ0n) is 16.7. The summed E-state index contributed by atoms with van der Waals surface area (Å²) in [4.78, 5) is 12.3. The SMILES string of the molecule is CC1C(=O)CN[C@@]2(C)C1CC[C@H]1[C@@H]3CC[C@H](C(C)CN)[C@@]3(C)CC[C@@H]12. The Hall–Kier alpha value is -0.410. The number of fused-ring (bicyclic) bond motifs is 5. The lowest BCUT2D eigenvalue weighted by Gasteiger charge is -2.61. The van der Waals surface area contributed by atoms with E-state index in [9.17, 15) is 4.79 Å². The lowest BCUT2D eigenvalue weighted by molar-refractivity contribution is -0.138. The fourth-order valence-corrected chi connectivity index (χ4v) is 8.22. The Morgan fingerprint density at radius 1 is 1.12 bits per heavy atom. The molecular weight excluding hydrogens is 308 g/mol. The number of nitrogens with one attached hydrogen (secondary N) is 1. The maximum atomic E-state index is 12.3. The highest BCUT2D eigenvalue weighted by atomic mass is 16.1. The molecule has 3 nitrogen and oxygen atoms in total. The van der Waals surface area contributed by atoms with E-state index in [1.165, 1.54) is 38.5 Å². The minimum absolute atomic E-state index is 0.176. The summed E-state index contributed by atoms with van der Waals surface area (Å²) in [5, 5.41) is 3.74. The van der Waals surface area contributed by atoms with Crippen LogP contribution in [0.15, 0.2) is 0 Å². The van der Waals surface area contributed by atoms with Gasteiger partial charge in [0.25, 0.3) is 0 Å². The molecule has 3 unspecified atom stereocenters. The highest BCUT2D eigenvalue weighted by Crippen LogP contribution is 2.65. The van der Waals surface area contributed by atoms with E-state index < -0.39 is 0 Å². The van der Waals surface area contributed by atoms with E-state index in [-0.39, 0.29) is 11.5 Å². The number of ketones is 1. The molecule has 1 saturated heterocycles. The van der Waals surface area contributed by atoms with E-state index in [0.717, 1.165) is 30.2 Å². The van der Waals surface area contributed by atoms with Crippen molar-refractivity contribution in [2.24, 2.45) is 52.6 Å². The second kappa shape index (κ2) is 6.05. The van der Waals surface area contributed by atoms with Gasteiger partial charge in [0.1, 0.15) is 5.78 Å². The molecule has 0 radical (unpaired) electrons. The van der Waals surface area contributed by atoms with Crippen molar-refractivity contribution in [3.05, 3.63) is 0 Å². The van der Waals surface area contributed by atoms with Crippen LogP contribution in [0.2, 0.25) is 0 Å². The second-order valence-electron chi connectivity index (χ2n) is 10.4. The molecule has 1 heterocycles. The van der Waals surface area contributed by atoms with Crippen LogP contribution < -0.4 is 11.1 Å². The number of rotatable bonds is 2. The first-order chi connectivity index (χ1) is 11.8. The van der Waals surface area contributed by atoms with Crippen molar-refractivity contribution in [2.45, 2.75) is 71.8 Å². The summed E-state index contributed by atoms with van der Waals surface area (Å²) >= 11 is 0. The van der Waals surface area contributed by atoms with Gasteiger partial charge in [0.2, 0.25) is 0 Å². The molecule has 25 heavy (non-hydrogen) atoms. The molecule has 0 amide bonds. The molecule has 9 atom stereocenters. The maximum absolute atomic E-state index is 12.3. The molecule has 0 aromatic heterocycles. The summed E-state index contributed by atoms with van der Waals surface area (Å²) in [6.07, 6.45) is 8.06. The lowest BCUT2D eigenvalue weighted by Crippen LogP contribution is -2.67. The molecule has 1 aliphatic heterocycles. The van der Waals surface area contributed by atoms with Crippen molar-refractivity contribution in [3.63, 3.8) is 0 Å². The normalized spacial score (nSPS) is 53.7. The molecule has 0 bridgehead atoms. The molecule has 0 aromatic rings. The molecule has 3 heteroatoms. The number of hydrogen-bond donors (Lipinski definition) is 2. The molecule has 4 aliphatic rings. The van der Waals surface area contributed by atoms with Crippen LogP contribution in [-0.2, 0) is 4.79 Å². The van der Waals surface area contributed by atoms with Crippen LogP contribution in [-0.4, -0.2) is 24.4 Å². The van der Waals surface area contributed by atoms with E-state index >= 15 is 0 Å². The Labute approximate surface area is 153 Å². The Bertz CT molecular complexity index is 548. The minimum Gasteiger partial charge on any atom is -0.330 e. The van der Waals surface area contributed by atoms with Gasteiger partial charge in [0.15, 0.2) is 0 Å². The third-order valence-corrected chi connectivity index (χ3v) is 9.68. The van der Waals surface area contributed by atoms with Crippen molar-refractivity contribution in [3.8, 4) is 0 Å². The number of carbonyl (C=O) groups is 1. The van der Waals surface area contributed by atoms with Gasteiger partial charge in [-0.1, -0.05) is 20.8 Å². The molecule has 3 saturated carbocycles. The van der Waals surface area contributed by atoms with Crippen LogP contribution in [0.1, 0.15) is 66.2 Å². The van der Waals surface area contributed by atoms with Gasteiger partial charge in [-0.05, 0) is 92.9 Å². The molecule has 0 spiro atoms. The van der Waals surface area contributed by atoms with Crippen molar-refractivity contribution in [2.75, 3.05) is 13.1 Å². The summed E-state index contributed by atoms with van der Waals surface area (Å²) in [5.74, 6) is 5.16. The largest absolute Gasteiger partial charge is 0.330 e. The van der Waals surface area contributed by atoms with Crippen LogP contribution in [0.3, 0.4) is 0 Å². The van der Waals surface area contributed by atoms with Gasteiger partial charge in [-0.2, -0.15) is 0 Å². The fourth-order valence-electron chi connectivity index (χ4n) is 8.22. The zero-order valence-corrected chi connectivity index (χ0v) is 16.7. The van der Waals surface area contributed by atoms with Gasteiger partial charge in [0.05, 0.1) is 6.54 Å². The van der Waals surface area contributed by atoms with E-state index in [0.29, 0.717) is 29.6 Å². The molecule has 142 valence electrons. The molecule has 4 fully saturated rings. The molecule has 4 rings (SSSR count). The van der Waals surface area contributed by atoms with Gasteiger partial charge in [-0.15, -0.1) is 0 Å². The highest BCUT2D eigenvalue weighted by Gasteiger charge is 2.61. The van der Waals surface area contributed by atoms with Crippen molar-refractivity contribution in [1.82, 2.24) is 5.32 Å². The smallest absolute Gasteiger partial charge is 0.149 e. The molecule has 0 aromatic carbocycles. The number of carbonyl (C=O) groups excluding carboxylic acids is 1. The van der Waals surface area contributed by atoms with E-state index in [1.807, 2.05) is 0 Å². The van der Waals surface area contributed by atoms with Gasteiger partial charge < -0.3 is 11.1 Å². The van der Waals surface area contributed by atoms with Crippen molar-refractivity contribution < 1.29 is 4.79 Å². The average molecular weight is 347 g/mol. The third kappa shape index (κ3) is 2.41. The summed E-state index contributed by atoms with van der Waals surface area (Å²) in [6, 6.07) is 0. The number of piperidine rings is 1. The standard InChI is InChI=1S/C22H38N2O/c1-13(11-23)16-7-8-18-15-5-6-17-14(2)20(25)12-24-22(17,4)19(15)9-10-21(16,18)3/h13-19,24H,5-12,23H2,1-4H3/t13?,14?,15-,16+,17?,18-,19-,21+,22-/m0/s1. The van der Waals surface area contributed by atoms with Crippen LogP contribution in [0, 0.1) is 46.8 Å². The van der Waals surface area contributed by atoms with Gasteiger partial charge in [-0.3, -0.25) is 4.79 Å². The third-order valence-electron chi connectivity index (χ3n) is 9.68. The van der Waals surface area contributed by atoms with E-state index in [1.54, 1.807) is 0 Å². The van der Waals surface area contributed by atoms with Crippen LogP contribution in [0.5, 0.6) is 0 Å². The Morgan fingerprint density at radius 3 is 2.56 bits per heavy atom. The molecular formula is C22H38N2O. The number of hydrogen-bond acceptors (Lipinski definition) is 3. The number of nitrogens with two attached hydrogens (primary N) is 1. The van der Waals surface area contributed by atoms with Crippen LogP contribution >= 0.6 is 0 Å². The van der Waals surface area contributed by atoms with E-state index in [2.05, 4.69) is 33.0 Å². The number of Topliss-reactive ketones (excluding diaryl/α,β-unsaturated/α-hetero) is 1. The Balaban J connectivity index is 1.61. The Kier molecular flexibility index (Phi) is 4.35. The lowest BCUT2D eigenvalue weighted by atomic mass is 9.47. The van der Waals surface area contributed by atoms with Crippen LogP contribution in [0.25, 0.3) is 0 Å². The van der Waals surface area contributed by atoms with Gasteiger partial charge in [0, 0.05) is 11.5 Å². The summed E-state index contributed by atoms with van der Waals surface area (Å²) in [7, 11) is 0. The van der Waals surface area contributed by atoms with Gasteiger partial charge >= 0.3 is 0 Å². The first-order valence-electron chi connectivity index (χ1n) is 10.8. The predicted molar refractivity (Wildman–Crippen MR) is 102 cm³/mol. The fraction of sp³-hybridized carbons (Fsp3) is 0.955. The second-order valence-corrected chi connectivity index (χ2v) is 10.4. The van der Waals surface area contributed by atoms with Crippen molar-refractivity contribution in [1.29, 1.82) is 0 Å². The van der Waals surface area contributed by atoms with Crippen molar-refractivity contribution >= 4 is 5.78 Å². The highest BCUT2D eigenvalue weighted by molar-refractivity contribution is 5.84. The van der Waals surface area contributed by atoms with E-state index in [4.69, 9.17) is 5.73 Å². The summed E-state index contributed by atoms with van der Waals surface area (Å²) in [6.45, 7) is 11.0. The summed E-state index contributed by atoms with van der Waals surface area (Å²) < 4.78 is 0. The quantitative estimate of drug-likeness (QED) is 0.803. The monoisotopic (exact) mass is 346 g/mol. The first-order valence-corrected chi connectivity index (χ1v) is 10.8. The zero-order chi connectivity index (χ0) is 18.0. The molecule has 3 aliphatic carbocycles. The minimum atomic E-state index is 0.176. The summed E-state index contributed by atoms with van der Waals surface area (Å²) in [5.41, 5.74) is 6.73.